The van der Waals surface area contributed by atoms with Gasteiger partial charge in [-0.05, 0) is 13.8 Å². The highest BCUT2D eigenvalue weighted by Gasteiger charge is 2.13. The van der Waals surface area contributed by atoms with Crippen LogP contribution in [0.15, 0.2) is 0 Å². The number of ether oxygens (including phenoxy) is 1. The van der Waals surface area contributed by atoms with Gasteiger partial charge in [-0.15, -0.1) is 0 Å². The molecule has 12 heavy (non-hydrogen) atoms. The second-order valence-corrected chi connectivity index (χ2v) is 2.42. The molecule has 3 N–H and O–H groups in total. The van der Waals surface area contributed by atoms with Crippen LogP contribution in [-0.4, -0.2) is 21.4 Å². The van der Waals surface area contributed by atoms with Crippen molar-refractivity contribution in [1.29, 1.82) is 0 Å². The van der Waals surface area contributed by atoms with E-state index in [1.54, 1.807) is 13.8 Å². The van der Waals surface area contributed by atoms with Crippen LogP contribution in [0.2, 0.25) is 0 Å². The van der Waals surface area contributed by atoms with Gasteiger partial charge in [-0.3, -0.25) is 0 Å². The number of aromatic nitrogens is 1. The van der Waals surface area contributed by atoms with Gasteiger partial charge in [0.2, 0.25) is 5.88 Å². The van der Waals surface area contributed by atoms with Gasteiger partial charge in [0, 0.05) is 11.3 Å². The zero-order chi connectivity index (χ0) is 9.30. The molecule has 0 amide bonds. The van der Waals surface area contributed by atoms with Gasteiger partial charge in [0.25, 0.3) is 0 Å². The summed E-state index contributed by atoms with van der Waals surface area (Å²) >= 11 is 0. The Morgan fingerprint density at radius 3 is 2.42 bits per heavy atom. The number of rotatable bonds is 1. The Morgan fingerprint density at radius 1 is 1.50 bits per heavy atom. The average molecular weight is 171 g/mol. The summed E-state index contributed by atoms with van der Waals surface area (Å²) in [4.78, 5) is 12.7. The van der Waals surface area contributed by atoms with Gasteiger partial charge in [0.15, 0.2) is 5.75 Å². The van der Waals surface area contributed by atoms with E-state index in [1.165, 1.54) is 0 Å². The Labute approximate surface area is 68.6 Å². The fourth-order valence-corrected chi connectivity index (χ4v) is 0.832. The van der Waals surface area contributed by atoms with Crippen LogP contribution >= 0.6 is 0 Å². The van der Waals surface area contributed by atoms with Crippen molar-refractivity contribution in [3.63, 3.8) is 0 Å². The van der Waals surface area contributed by atoms with Crippen molar-refractivity contribution in [2.45, 2.75) is 13.8 Å². The van der Waals surface area contributed by atoms with E-state index in [2.05, 4.69) is 9.72 Å². The maximum atomic E-state index is 10.1. The molecule has 1 rings (SSSR count). The van der Waals surface area contributed by atoms with Gasteiger partial charge in [-0.1, -0.05) is 0 Å². The number of aromatic amines is 1. The third-order valence-electron chi connectivity index (χ3n) is 1.62. The van der Waals surface area contributed by atoms with Crippen molar-refractivity contribution < 1.29 is 19.7 Å². The van der Waals surface area contributed by atoms with Crippen LogP contribution in [0.4, 0.5) is 4.79 Å². The molecule has 5 nitrogen and oxygen atoms in total. The van der Waals surface area contributed by atoms with E-state index in [0.717, 1.165) is 0 Å². The normalized spacial score (nSPS) is 9.83. The molecule has 0 aromatic carbocycles. The molecule has 0 fully saturated rings. The Hall–Kier alpha value is -1.65. The van der Waals surface area contributed by atoms with E-state index < -0.39 is 6.16 Å². The molecule has 0 unspecified atom stereocenters. The summed E-state index contributed by atoms with van der Waals surface area (Å²) < 4.78 is 4.26. The molecular weight excluding hydrogens is 162 g/mol. The van der Waals surface area contributed by atoms with Crippen LogP contribution in [0, 0.1) is 13.8 Å². The summed E-state index contributed by atoms with van der Waals surface area (Å²) in [5, 5.41) is 17.5. The molecule has 0 bridgehead atoms. The molecule has 66 valence electrons. The first-order valence-corrected chi connectivity index (χ1v) is 3.31. The number of nitrogens with one attached hydrogen (secondary N) is 1. The van der Waals surface area contributed by atoms with Crippen LogP contribution in [0.25, 0.3) is 0 Å². The van der Waals surface area contributed by atoms with Crippen LogP contribution < -0.4 is 4.74 Å². The molecule has 0 aliphatic heterocycles. The predicted octanol–water partition coefficient (Wildman–Crippen LogP) is 1.39. The minimum Gasteiger partial charge on any atom is -0.503 e. The van der Waals surface area contributed by atoms with Crippen molar-refractivity contribution in [1.82, 2.24) is 4.98 Å². The molecule has 0 aliphatic carbocycles. The van der Waals surface area contributed by atoms with Gasteiger partial charge < -0.3 is 19.9 Å². The predicted molar refractivity (Wildman–Crippen MR) is 40.6 cm³/mol. The van der Waals surface area contributed by atoms with Crippen molar-refractivity contribution in [2.75, 3.05) is 0 Å². The lowest BCUT2D eigenvalue weighted by molar-refractivity contribution is 0.141. The summed E-state index contributed by atoms with van der Waals surface area (Å²) in [7, 11) is 0. The number of H-pyrrole nitrogens is 1. The quantitative estimate of drug-likeness (QED) is 0.557. The van der Waals surface area contributed by atoms with Crippen molar-refractivity contribution >= 4 is 6.16 Å². The van der Waals surface area contributed by atoms with E-state index in [-0.39, 0.29) is 11.6 Å². The van der Waals surface area contributed by atoms with E-state index in [4.69, 9.17) is 5.11 Å². The van der Waals surface area contributed by atoms with Gasteiger partial charge in [-0.25, -0.2) is 4.79 Å². The molecule has 0 spiro atoms. The summed E-state index contributed by atoms with van der Waals surface area (Å²) in [6.07, 6.45) is -1.45. The molecule has 0 saturated heterocycles. The van der Waals surface area contributed by atoms with Crippen molar-refractivity contribution in [2.24, 2.45) is 0 Å². The maximum absolute atomic E-state index is 10.1. The van der Waals surface area contributed by atoms with Crippen LogP contribution in [-0.2, 0) is 0 Å². The summed E-state index contributed by atoms with van der Waals surface area (Å²) in [6, 6.07) is 0. The molecule has 0 aliphatic rings. The third kappa shape index (κ3) is 1.34. The highest BCUT2D eigenvalue weighted by Crippen LogP contribution is 2.30. The fraction of sp³-hybridized carbons (Fsp3) is 0.286. The maximum Gasteiger partial charge on any atom is 0.512 e. The first kappa shape index (κ1) is 8.45. The number of hydrogen-bond donors (Lipinski definition) is 3. The molecule has 0 saturated carbocycles. The summed E-state index contributed by atoms with van der Waals surface area (Å²) in [5.41, 5.74) is 1.27. The molecule has 0 radical (unpaired) electrons. The van der Waals surface area contributed by atoms with Crippen molar-refractivity contribution in [3.8, 4) is 11.6 Å². The summed E-state index contributed by atoms with van der Waals surface area (Å²) in [6.45, 7) is 3.37. The average Bonchev–Trinajstić information content (AvgIpc) is 2.17. The van der Waals surface area contributed by atoms with E-state index in [1.807, 2.05) is 0 Å². The van der Waals surface area contributed by atoms with Gasteiger partial charge in [-0.2, -0.15) is 0 Å². The number of aryl methyl sites for hydroxylation is 1. The van der Waals surface area contributed by atoms with E-state index >= 15 is 0 Å². The lowest BCUT2D eigenvalue weighted by Crippen LogP contribution is -2.03. The largest absolute Gasteiger partial charge is 0.512 e. The van der Waals surface area contributed by atoms with Crippen LogP contribution in [0.5, 0.6) is 11.6 Å². The van der Waals surface area contributed by atoms with E-state index in [0.29, 0.717) is 11.3 Å². The van der Waals surface area contributed by atoms with Gasteiger partial charge in [0.05, 0.1) is 0 Å². The van der Waals surface area contributed by atoms with Gasteiger partial charge in [0.1, 0.15) is 0 Å². The molecule has 1 aromatic rings. The van der Waals surface area contributed by atoms with Crippen LogP contribution in [0.3, 0.4) is 0 Å². The molecule has 1 aromatic heterocycles. The zero-order valence-corrected chi connectivity index (χ0v) is 6.71. The minimum atomic E-state index is -1.45. The Morgan fingerprint density at radius 2 is 2.08 bits per heavy atom. The highest BCUT2D eigenvalue weighted by molar-refractivity contribution is 5.62. The molecular formula is C7H9NO4. The number of carbonyl (C=O) groups is 1. The number of aromatic hydroxyl groups is 1. The Balaban J connectivity index is 3.01. The molecule has 1 heterocycles. The zero-order valence-electron chi connectivity index (χ0n) is 6.71. The molecule has 0 atom stereocenters. The van der Waals surface area contributed by atoms with Crippen LogP contribution in [0.1, 0.15) is 11.3 Å². The SMILES string of the molecule is Cc1[nH]c(OC(=O)O)c(O)c1C. The third-order valence-corrected chi connectivity index (χ3v) is 1.62. The standard InChI is InChI=1S/C7H9NO4/c1-3-4(2)8-6(5(3)9)12-7(10)11/h8-9H,1-2H3,(H,10,11). The topological polar surface area (TPSA) is 82.6 Å². The fourth-order valence-electron chi connectivity index (χ4n) is 0.832. The second-order valence-electron chi connectivity index (χ2n) is 2.42. The smallest absolute Gasteiger partial charge is 0.503 e. The second kappa shape index (κ2) is 2.77. The Kier molecular flexibility index (Phi) is 1.95. The van der Waals surface area contributed by atoms with Gasteiger partial charge >= 0.3 is 6.16 Å². The highest BCUT2D eigenvalue weighted by atomic mass is 16.7. The minimum absolute atomic E-state index is 0.127. The van der Waals surface area contributed by atoms with Crippen molar-refractivity contribution in [3.05, 3.63) is 11.3 Å². The lowest BCUT2D eigenvalue weighted by Gasteiger charge is -1.95. The number of carboxylic acid groups (broad SMARTS) is 1. The van der Waals surface area contributed by atoms with E-state index in [9.17, 15) is 9.90 Å². The number of hydrogen-bond acceptors (Lipinski definition) is 3. The summed E-state index contributed by atoms with van der Waals surface area (Å²) in [5.74, 6) is -0.285. The first-order chi connectivity index (χ1) is 5.52. The lowest BCUT2D eigenvalue weighted by atomic mass is 10.3. The first-order valence-electron chi connectivity index (χ1n) is 3.31. The Bertz CT molecular complexity index is 315. The molecule has 5 heteroatoms. The monoisotopic (exact) mass is 171 g/mol.